The summed E-state index contributed by atoms with van der Waals surface area (Å²) in [7, 11) is 0. The lowest BCUT2D eigenvalue weighted by molar-refractivity contribution is -0.142. The van der Waals surface area contributed by atoms with Crippen molar-refractivity contribution < 1.29 is 14.4 Å². The van der Waals surface area contributed by atoms with Gasteiger partial charge in [-0.15, -0.1) is 0 Å². The summed E-state index contributed by atoms with van der Waals surface area (Å²) < 4.78 is 0. The highest BCUT2D eigenvalue weighted by atomic mass is 16.2. The molecule has 1 aliphatic rings. The molecule has 0 heterocycles. The molecule has 23 heavy (non-hydrogen) atoms. The highest BCUT2D eigenvalue weighted by Crippen LogP contribution is 2.38. The zero-order chi connectivity index (χ0) is 17.3. The van der Waals surface area contributed by atoms with Gasteiger partial charge in [0, 0.05) is 24.9 Å². The van der Waals surface area contributed by atoms with E-state index in [0.717, 1.165) is 27.9 Å². The summed E-state index contributed by atoms with van der Waals surface area (Å²) in [6.45, 7) is 7.75. The van der Waals surface area contributed by atoms with E-state index in [4.69, 9.17) is 5.73 Å². The van der Waals surface area contributed by atoms with E-state index in [0.29, 0.717) is 12.8 Å². The molecular formula is C19H25NO3. The standard InChI is InChI=1S/C19H25NO3/c1-5-6-14(21)18-15(22)8-13(9-16(18)23)17-10(2)7-11(3)19(20)12(17)4/h7,13,18H,5-6,8-9,20H2,1-4H3. The third kappa shape index (κ3) is 3.21. The first-order chi connectivity index (χ1) is 10.8. The number of Topliss-reactive ketones (excluding diaryl/α,β-unsaturated/α-hetero) is 3. The molecule has 1 fully saturated rings. The van der Waals surface area contributed by atoms with Gasteiger partial charge in [0.25, 0.3) is 0 Å². The van der Waals surface area contributed by atoms with Crippen LogP contribution in [0.4, 0.5) is 5.69 Å². The number of carbonyl (C=O) groups is 3. The molecule has 1 saturated carbocycles. The maximum Gasteiger partial charge on any atom is 0.151 e. The van der Waals surface area contributed by atoms with Crippen molar-refractivity contribution in [1.29, 1.82) is 0 Å². The Morgan fingerprint density at radius 1 is 1.13 bits per heavy atom. The molecule has 0 aliphatic heterocycles. The minimum absolute atomic E-state index is 0.163. The topological polar surface area (TPSA) is 77.2 Å². The Bertz CT molecular complexity index is 658. The Balaban J connectivity index is 2.33. The van der Waals surface area contributed by atoms with Gasteiger partial charge in [-0.1, -0.05) is 13.0 Å². The van der Waals surface area contributed by atoms with Gasteiger partial charge in [-0.05, 0) is 55.4 Å². The summed E-state index contributed by atoms with van der Waals surface area (Å²) in [5.41, 5.74) is 10.8. The van der Waals surface area contributed by atoms with Gasteiger partial charge < -0.3 is 5.73 Å². The molecule has 0 spiro atoms. The van der Waals surface area contributed by atoms with Crippen LogP contribution in [0.25, 0.3) is 0 Å². The van der Waals surface area contributed by atoms with Crippen molar-refractivity contribution in [3.63, 3.8) is 0 Å². The molecule has 1 aromatic rings. The molecule has 0 saturated heterocycles. The maximum absolute atomic E-state index is 12.4. The van der Waals surface area contributed by atoms with Crippen molar-refractivity contribution in [2.24, 2.45) is 5.92 Å². The van der Waals surface area contributed by atoms with Crippen LogP contribution in [0.1, 0.15) is 60.8 Å². The third-order valence-corrected chi connectivity index (χ3v) is 4.86. The number of anilines is 1. The Morgan fingerprint density at radius 3 is 2.22 bits per heavy atom. The van der Waals surface area contributed by atoms with E-state index in [1.54, 1.807) is 0 Å². The monoisotopic (exact) mass is 315 g/mol. The molecule has 1 aromatic carbocycles. The quantitative estimate of drug-likeness (QED) is 0.683. The molecule has 0 unspecified atom stereocenters. The minimum Gasteiger partial charge on any atom is -0.398 e. The first-order valence-corrected chi connectivity index (χ1v) is 8.22. The second kappa shape index (κ2) is 6.65. The van der Waals surface area contributed by atoms with E-state index in [1.165, 1.54) is 0 Å². The van der Waals surface area contributed by atoms with Crippen molar-refractivity contribution in [1.82, 2.24) is 0 Å². The number of carbonyl (C=O) groups excluding carboxylic acids is 3. The lowest BCUT2D eigenvalue weighted by Gasteiger charge is -2.29. The lowest BCUT2D eigenvalue weighted by Crippen LogP contribution is -2.38. The Labute approximate surface area is 137 Å². The fourth-order valence-electron chi connectivity index (χ4n) is 3.77. The molecule has 2 N–H and O–H groups in total. The van der Waals surface area contributed by atoms with Gasteiger partial charge >= 0.3 is 0 Å². The molecule has 0 amide bonds. The molecule has 4 heteroatoms. The van der Waals surface area contributed by atoms with Crippen LogP contribution in [0.2, 0.25) is 0 Å². The van der Waals surface area contributed by atoms with E-state index in [9.17, 15) is 14.4 Å². The van der Waals surface area contributed by atoms with Gasteiger partial charge in [-0.25, -0.2) is 0 Å². The van der Waals surface area contributed by atoms with Crippen molar-refractivity contribution >= 4 is 23.0 Å². The largest absolute Gasteiger partial charge is 0.398 e. The summed E-state index contributed by atoms with van der Waals surface area (Å²) in [6.07, 6.45) is 1.44. The van der Waals surface area contributed by atoms with Crippen LogP contribution in [0.5, 0.6) is 0 Å². The van der Waals surface area contributed by atoms with E-state index < -0.39 is 5.92 Å². The number of hydrogen-bond acceptors (Lipinski definition) is 4. The molecule has 124 valence electrons. The second-order valence-electron chi connectivity index (χ2n) is 6.65. The average Bonchev–Trinajstić information content (AvgIpc) is 2.44. The van der Waals surface area contributed by atoms with Gasteiger partial charge in [0.2, 0.25) is 0 Å². The van der Waals surface area contributed by atoms with E-state index in [2.05, 4.69) is 0 Å². The molecule has 0 atom stereocenters. The number of hydrogen-bond donors (Lipinski definition) is 1. The minimum atomic E-state index is -1.03. The van der Waals surface area contributed by atoms with Crippen molar-refractivity contribution in [2.45, 2.75) is 59.3 Å². The van der Waals surface area contributed by atoms with Crippen LogP contribution < -0.4 is 5.73 Å². The van der Waals surface area contributed by atoms with Crippen LogP contribution >= 0.6 is 0 Å². The molecule has 0 aromatic heterocycles. The number of nitrogen functional groups attached to an aromatic ring is 1. The van der Waals surface area contributed by atoms with Gasteiger partial charge in [-0.3, -0.25) is 14.4 Å². The van der Waals surface area contributed by atoms with E-state index >= 15 is 0 Å². The normalized spacial score (nSPS) is 21.6. The van der Waals surface area contributed by atoms with E-state index in [-0.39, 0.29) is 36.1 Å². The van der Waals surface area contributed by atoms with Crippen LogP contribution in [0.3, 0.4) is 0 Å². The third-order valence-electron chi connectivity index (χ3n) is 4.86. The first kappa shape index (κ1) is 17.4. The van der Waals surface area contributed by atoms with Gasteiger partial charge in [-0.2, -0.15) is 0 Å². The molecule has 0 bridgehead atoms. The smallest absolute Gasteiger partial charge is 0.151 e. The van der Waals surface area contributed by atoms with Crippen LogP contribution in [0.15, 0.2) is 6.07 Å². The fourth-order valence-corrected chi connectivity index (χ4v) is 3.77. The van der Waals surface area contributed by atoms with Crippen molar-refractivity contribution in [3.8, 4) is 0 Å². The molecule has 4 nitrogen and oxygen atoms in total. The van der Waals surface area contributed by atoms with Gasteiger partial charge in [0.05, 0.1) is 0 Å². The average molecular weight is 315 g/mol. The summed E-state index contributed by atoms with van der Waals surface area (Å²) in [5, 5.41) is 0. The van der Waals surface area contributed by atoms with Gasteiger partial charge in [0.1, 0.15) is 5.92 Å². The number of aryl methyl sites for hydroxylation is 2. The van der Waals surface area contributed by atoms with Crippen molar-refractivity contribution in [2.75, 3.05) is 5.73 Å². The molecule has 0 radical (unpaired) electrons. The summed E-state index contributed by atoms with van der Waals surface area (Å²) >= 11 is 0. The highest BCUT2D eigenvalue weighted by molar-refractivity contribution is 6.21. The summed E-state index contributed by atoms with van der Waals surface area (Å²) in [5.74, 6) is -1.89. The number of benzene rings is 1. The van der Waals surface area contributed by atoms with Gasteiger partial charge in [0.15, 0.2) is 17.3 Å². The number of rotatable bonds is 4. The predicted octanol–water partition coefficient (Wildman–Crippen LogP) is 3.20. The second-order valence-corrected chi connectivity index (χ2v) is 6.65. The summed E-state index contributed by atoms with van der Waals surface area (Å²) in [4.78, 5) is 36.8. The Morgan fingerprint density at radius 2 is 1.70 bits per heavy atom. The SMILES string of the molecule is CCCC(=O)C1C(=O)CC(c2c(C)cc(C)c(N)c2C)CC1=O. The van der Waals surface area contributed by atoms with Crippen LogP contribution in [-0.2, 0) is 14.4 Å². The van der Waals surface area contributed by atoms with Crippen molar-refractivity contribution in [3.05, 3.63) is 28.3 Å². The molecule has 2 rings (SSSR count). The summed E-state index contributed by atoms with van der Waals surface area (Å²) in [6, 6.07) is 2.00. The molecule has 1 aliphatic carbocycles. The predicted molar refractivity (Wildman–Crippen MR) is 90.5 cm³/mol. The van der Waals surface area contributed by atoms with Crippen LogP contribution in [-0.4, -0.2) is 17.3 Å². The molecular weight excluding hydrogens is 290 g/mol. The number of ketones is 3. The Hall–Kier alpha value is -1.97. The lowest BCUT2D eigenvalue weighted by atomic mass is 9.72. The zero-order valence-electron chi connectivity index (χ0n) is 14.4. The van der Waals surface area contributed by atoms with E-state index in [1.807, 2.05) is 33.8 Å². The first-order valence-electron chi connectivity index (χ1n) is 8.22. The Kier molecular flexibility index (Phi) is 5.03. The zero-order valence-corrected chi connectivity index (χ0v) is 14.4. The maximum atomic E-state index is 12.4. The fraction of sp³-hybridized carbons (Fsp3) is 0.526. The van der Waals surface area contributed by atoms with Crippen LogP contribution in [0, 0.1) is 26.7 Å². The highest BCUT2D eigenvalue weighted by Gasteiger charge is 2.40. The number of nitrogens with two attached hydrogens (primary N) is 1.